The summed E-state index contributed by atoms with van der Waals surface area (Å²) in [6, 6.07) is 11.0. The normalized spacial score (nSPS) is 24.5. The van der Waals surface area contributed by atoms with Gasteiger partial charge in [-0.1, -0.05) is 0 Å². The smallest absolute Gasteiger partial charge is 0.411 e. The molecule has 0 aliphatic heterocycles. The van der Waals surface area contributed by atoms with Crippen LogP contribution in [-0.2, 0) is 4.74 Å². The zero-order valence-corrected chi connectivity index (χ0v) is 15.4. The number of ether oxygens (including phenoxy) is 2. The van der Waals surface area contributed by atoms with Crippen molar-refractivity contribution in [3.8, 4) is 11.9 Å². The van der Waals surface area contributed by atoms with Crippen LogP contribution in [0.3, 0.4) is 0 Å². The van der Waals surface area contributed by atoms with Crippen LogP contribution in [0.15, 0.2) is 42.6 Å². The maximum absolute atomic E-state index is 12.0. The monoisotopic (exact) mass is 394 g/mol. The molecule has 0 unspecified atom stereocenters. The molecule has 2 aromatic rings. The molecule has 29 heavy (non-hydrogen) atoms. The van der Waals surface area contributed by atoms with Crippen LogP contribution in [-0.4, -0.2) is 28.2 Å². The van der Waals surface area contributed by atoms with Crippen LogP contribution in [0, 0.1) is 26.9 Å². The van der Waals surface area contributed by atoms with Crippen molar-refractivity contribution < 1.29 is 19.2 Å². The molecule has 9 nitrogen and oxygen atoms in total. The van der Waals surface area contributed by atoms with Crippen LogP contribution in [0.2, 0.25) is 0 Å². The van der Waals surface area contributed by atoms with Gasteiger partial charge in [0.2, 0.25) is 5.88 Å². The number of non-ortho nitro benzene ring substituents is 1. The fourth-order valence-electron chi connectivity index (χ4n) is 4.01. The number of nitro groups is 1. The van der Waals surface area contributed by atoms with E-state index in [4.69, 9.17) is 14.7 Å². The Labute approximate surface area is 166 Å². The first kappa shape index (κ1) is 18.7. The third kappa shape index (κ3) is 3.96. The number of aromatic nitrogens is 1. The van der Waals surface area contributed by atoms with E-state index in [0.717, 1.165) is 25.7 Å². The first-order chi connectivity index (χ1) is 14.0. The van der Waals surface area contributed by atoms with Crippen molar-refractivity contribution >= 4 is 17.5 Å². The van der Waals surface area contributed by atoms with Gasteiger partial charge in [0.15, 0.2) is 0 Å². The molecule has 148 valence electrons. The van der Waals surface area contributed by atoms with Crippen LogP contribution in [0.4, 0.5) is 16.2 Å². The van der Waals surface area contributed by atoms with Gasteiger partial charge in [-0.05, 0) is 55.4 Å². The number of carbonyl (C=O) groups excluding carboxylic acids is 1. The largest absolute Gasteiger partial charge is 0.473 e. The number of rotatable bonds is 5. The van der Waals surface area contributed by atoms with E-state index in [2.05, 4.69) is 16.4 Å². The molecule has 0 bridgehead atoms. The summed E-state index contributed by atoms with van der Waals surface area (Å²) in [6.45, 7) is 0. The van der Waals surface area contributed by atoms with E-state index in [0.29, 0.717) is 17.1 Å². The quantitative estimate of drug-likeness (QED) is 0.603. The number of benzene rings is 1. The standard InChI is InChI=1S/C20H18N4O5/c21-12-13-2-1-7-22-18(13)28-16-8-20(9-16)10-17(11-20)29-19(25)23-14-3-5-15(6-4-14)24(26)27/h1-7,16-17H,8-11H2,(H,23,25). The molecule has 2 fully saturated rings. The van der Waals surface area contributed by atoms with Crippen molar-refractivity contribution in [2.75, 3.05) is 5.32 Å². The van der Waals surface area contributed by atoms with Gasteiger partial charge in [0.1, 0.15) is 23.8 Å². The maximum Gasteiger partial charge on any atom is 0.411 e. The van der Waals surface area contributed by atoms with Crippen molar-refractivity contribution in [2.24, 2.45) is 5.41 Å². The Hall–Kier alpha value is -3.67. The molecule has 2 aliphatic carbocycles. The molecule has 2 aliphatic rings. The number of hydrogen-bond donors (Lipinski definition) is 1. The highest BCUT2D eigenvalue weighted by atomic mass is 16.6. The van der Waals surface area contributed by atoms with E-state index in [1.54, 1.807) is 18.3 Å². The number of nitro benzene ring substituents is 1. The number of hydrogen-bond acceptors (Lipinski definition) is 7. The van der Waals surface area contributed by atoms with Gasteiger partial charge in [-0.15, -0.1) is 0 Å². The van der Waals surface area contributed by atoms with E-state index in [-0.39, 0.29) is 23.3 Å². The highest BCUT2D eigenvalue weighted by Crippen LogP contribution is 2.57. The number of carbonyl (C=O) groups is 1. The van der Waals surface area contributed by atoms with Crippen molar-refractivity contribution in [1.82, 2.24) is 4.98 Å². The second-order valence-electron chi connectivity index (χ2n) is 7.48. The first-order valence-corrected chi connectivity index (χ1v) is 9.20. The Bertz CT molecular complexity index is 971. The van der Waals surface area contributed by atoms with Gasteiger partial charge in [0, 0.05) is 24.0 Å². The zero-order valence-electron chi connectivity index (χ0n) is 15.4. The van der Waals surface area contributed by atoms with Gasteiger partial charge >= 0.3 is 6.09 Å². The van der Waals surface area contributed by atoms with Crippen LogP contribution in [0.1, 0.15) is 31.2 Å². The first-order valence-electron chi connectivity index (χ1n) is 9.20. The van der Waals surface area contributed by atoms with Crippen LogP contribution < -0.4 is 10.1 Å². The van der Waals surface area contributed by atoms with E-state index < -0.39 is 11.0 Å². The lowest BCUT2D eigenvalue weighted by Gasteiger charge is -2.56. The number of pyridine rings is 1. The van der Waals surface area contributed by atoms with Gasteiger partial charge in [0.25, 0.3) is 5.69 Å². The van der Waals surface area contributed by atoms with E-state index in [1.807, 2.05) is 0 Å². The topological polar surface area (TPSA) is 127 Å². The fraction of sp³-hybridized carbons (Fsp3) is 0.350. The molecule has 1 spiro atoms. The lowest BCUT2D eigenvalue weighted by Crippen LogP contribution is -2.55. The number of nitriles is 1. The molecule has 1 N–H and O–H groups in total. The van der Waals surface area contributed by atoms with Gasteiger partial charge in [-0.2, -0.15) is 5.26 Å². The van der Waals surface area contributed by atoms with Crippen LogP contribution in [0.25, 0.3) is 0 Å². The molecule has 0 atom stereocenters. The van der Waals surface area contributed by atoms with E-state index in [9.17, 15) is 14.9 Å². The van der Waals surface area contributed by atoms with Gasteiger partial charge < -0.3 is 9.47 Å². The second-order valence-corrected chi connectivity index (χ2v) is 7.48. The highest BCUT2D eigenvalue weighted by molar-refractivity contribution is 5.84. The molecule has 1 amide bonds. The second kappa shape index (κ2) is 7.39. The van der Waals surface area contributed by atoms with Crippen molar-refractivity contribution in [3.63, 3.8) is 0 Å². The summed E-state index contributed by atoms with van der Waals surface area (Å²) in [7, 11) is 0. The minimum atomic E-state index is -0.571. The molecule has 2 saturated carbocycles. The molecule has 0 radical (unpaired) electrons. The summed E-state index contributed by atoms with van der Waals surface area (Å²) < 4.78 is 11.2. The Kier molecular flexibility index (Phi) is 4.76. The van der Waals surface area contributed by atoms with Gasteiger partial charge in [-0.25, -0.2) is 9.78 Å². The molecule has 1 aromatic carbocycles. The Morgan fingerprint density at radius 3 is 2.55 bits per heavy atom. The average molecular weight is 394 g/mol. The summed E-state index contributed by atoms with van der Waals surface area (Å²) in [4.78, 5) is 26.3. The summed E-state index contributed by atoms with van der Waals surface area (Å²) >= 11 is 0. The van der Waals surface area contributed by atoms with Crippen LogP contribution in [0.5, 0.6) is 5.88 Å². The predicted molar refractivity (Wildman–Crippen MR) is 101 cm³/mol. The molecule has 4 rings (SSSR count). The van der Waals surface area contributed by atoms with Crippen LogP contribution >= 0.6 is 0 Å². The fourth-order valence-corrected chi connectivity index (χ4v) is 4.01. The number of nitrogens with zero attached hydrogens (tertiary/aromatic N) is 3. The third-order valence-corrected chi connectivity index (χ3v) is 5.41. The van der Waals surface area contributed by atoms with Crippen molar-refractivity contribution in [3.05, 3.63) is 58.3 Å². The van der Waals surface area contributed by atoms with Gasteiger partial charge in [0.05, 0.1) is 4.92 Å². The predicted octanol–water partition coefficient (Wildman–Crippen LogP) is 3.80. The van der Waals surface area contributed by atoms with E-state index >= 15 is 0 Å². The third-order valence-electron chi connectivity index (χ3n) is 5.41. The maximum atomic E-state index is 12.0. The number of nitrogens with one attached hydrogen (secondary N) is 1. The summed E-state index contributed by atoms with van der Waals surface area (Å²) in [5, 5.41) is 22.3. The van der Waals surface area contributed by atoms with Gasteiger partial charge in [-0.3, -0.25) is 15.4 Å². The zero-order chi connectivity index (χ0) is 20.4. The average Bonchev–Trinajstić information content (AvgIpc) is 2.65. The lowest BCUT2D eigenvalue weighted by atomic mass is 9.53. The van der Waals surface area contributed by atoms with Crippen molar-refractivity contribution in [1.29, 1.82) is 5.26 Å². The number of amides is 1. The minimum absolute atomic E-state index is 0.0203. The summed E-state index contributed by atoms with van der Waals surface area (Å²) in [5.41, 5.74) is 0.950. The molecular formula is C20H18N4O5. The van der Waals surface area contributed by atoms with Crippen molar-refractivity contribution in [2.45, 2.75) is 37.9 Å². The Balaban J connectivity index is 1.20. The molecule has 1 aromatic heterocycles. The molecule has 9 heteroatoms. The lowest BCUT2D eigenvalue weighted by molar-refractivity contribution is -0.384. The molecular weight excluding hydrogens is 376 g/mol. The Morgan fingerprint density at radius 1 is 1.21 bits per heavy atom. The minimum Gasteiger partial charge on any atom is -0.473 e. The van der Waals surface area contributed by atoms with E-state index in [1.165, 1.54) is 24.3 Å². The highest BCUT2D eigenvalue weighted by Gasteiger charge is 2.55. The summed E-state index contributed by atoms with van der Waals surface area (Å²) in [5.74, 6) is 0.365. The molecule has 1 heterocycles. The Morgan fingerprint density at radius 2 is 1.90 bits per heavy atom. The SMILES string of the molecule is N#Cc1cccnc1OC1CC2(CC(OC(=O)Nc3ccc([N+](=O)[O-])cc3)C2)C1. The summed E-state index contributed by atoms with van der Waals surface area (Å²) in [6.07, 6.45) is 4.13. The molecule has 0 saturated heterocycles. The number of anilines is 1.